The van der Waals surface area contributed by atoms with Gasteiger partial charge in [0.05, 0.1) is 12.2 Å². The Morgan fingerprint density at radius 1 is 1.00 bits per heavy atom. The summed E-state index contributed by atoms with van der Waals surface area (Å²) in [6, 6.07) is 0. The van der Waals surface area contributed by atoms with Gasteiger partial charge in [-0.25, -0.2) is 14.8 Å². The Hall–Kier alpha value is -2.22. The van der Waals surface area contributed by atoms with Gasteiger partial charge in [-0.2, -0.15) is 0 Å². The van der Waals surface area contributed by atoms with E-state index in [1.807, 2.05) is 0 Å². The summed E-state index contributed by atoms with van der Waals surface area (Å²) in [7, 11) is 0. The van der Waals surface area contributed by atoms with Crippen LogP contribution in [0.1, 0.15) is 62.2 Å². The first-order chi connectivity index (χ1) is 13.6. The molecule has 2 heterocycles. The van der Waals surface area contributed by atoms with E-state index in [0.717, 1.165) is 52.0 Å². The van der Waals surface area contributed by atoms with E-state index in [-0.39, 0.29) is 5.97 Å². The zero-order valence-corrected chi connectivity index (χ0v) is 16.8. The summed E-state index contributed by atoms with van der Waals surface area (Å²) >= 11 is 0. The first kappa shape index (κ1) is 22.1. The Bertz CT molecular complexity index is 601. The van der Waals surface area contributed by atoms with Crippen LogP contribution in [0, 0.1) is 0 Å². The molecular weight excluding hydrogens is 360 g/mol. The standard InChI is InChI=1S/C20H32N4O4/c1-2-28-19(27)17-15-21-20(22-16-17)24-13-11-23(12-14-24)10-8-6-4-3-5-7-9-18(25)26/h15-16H,2-14H2,1H3,(H,25,26). The molecule has 1 aliphatic rings. The number of piperazine rings is 1. The lowest BCUT2D eigenvalue weighted by atomic mass is 10.1. The minimum atomic E-state index is -0.695. The summed E-state index contributed by atoms with van der Waals surface area (Å²) in [5.41, 5.74) is 0.382. The van der Waals surface area contributed by atoms with Gasteiger partial charge in [-0.05, 0) is 26.3 Å². The Morgan fingerprint density at radius 3 is 2.21 bits per heavy atom. The number of carboxylic acid groups (broad SMARTS) is 1. The summed E-state index contributed by atoms with van der Waals surface area (Å²) in [6.45, 7) is 6.96. The third-order valence-electron chi connectivity index (χ3n) is 4.92. The second-order valence-electron chi connectivity index (χ2n) is 7.09. The lowest BCUT2D eigenvalue weighted by molar-refractivity contribution is -0.137. The number of aromatic nitrogens is 2. The zero-order chi connectivity index (χ0) is 20.2. The number of carbonyl (C=O) groups excluding carboxylic acids is 1. The molecule has 1 saturated heterocycles. The molecule has 0 aliphatic carbocycles. The normalized spacial score (nSPS) is 14.8. The first-order valence-electron chi connectivity index (χ1n) is 10.3. The highest BCUT2D eigenvalue weighted by Gasteiger charge is 2.19. The topological polar surface area (TPSA) is 95.9 Å². The number of aliphatic carboxylic acids is 1. The van der Waals surface area contributed by atoms with Crippen molar-refractivity contribution in [2.24, 2.45) is 0 Å². The number of carbonyl (C=O) groups is 2. The summed E-state index contributed by atoms with van der Waals surface area (Å²) in [6.07, 6.45) is 9.85. The lowest BCUT2D eigenvalue weighted by Gasteiger charge is -2.34. The molecular formula is C20H32N4O4. The number of anilines is 1. The van der Waals surface area contributed by atoms with E-state index >= 15 is 0 Å². The molecule has 156 valence electrons. The minimum Gasteiger partial charge on any atom is -0.481 e. The van der Waals surface area contributed by atoms with E-state index in [0.29, 0.717) is 24.5 Å². The molecule has 0 atom stereocenters. The smallest absolute Gasteiger partial charge is 0.341 e. The second kappa shape index (κ2) is 12.3. The van der Waals surface area contributed by atoms with Crippen molar-refractivity contribution >= 4 is 17.9 Å². The SMILES string of the molecule is CCOC(=O)c1cnc(N2CCN(CCCCCCCCC(=O)O)CC2)nc1. The number of hydrogen-bond acceptors (Lipinski definition) is 7. The fourth-order valence-electron chi connectivity index (χ4n) is 3.29. The molecule has 1 aromatic heterocycles. The molecule has 0 unspecified atom stereocenters. The molecule has 8 heteroatoms. The van der Waals surface area contributed by atoms with Crippen LogP contribution in [-0.4, -0.2) is 71.2 Å². The molecule has 8 nitrogen and oxygen atoms in total. The molecule has 1 aliphatic heterocycles. The van der Waals surface area contributed by atoms with E-state index in [2.05, 4.69) is 19.8 Å². The lowest BCUT2D eigenvalue weighted by Crippen LogP contribution is -2.47. The summed E-state index contributed by atoms with van der Waals surface area (Å²) in [4.78, 5) is 35.3. The Kier molecular flexibility index (Phi) is 9.68. The van der Waals surface area contributed by atoms with Crippen molar-refractivity contribution in [1.29, 1.82) is 0 Å². The van der Waals surface area contributed by atoms with Crippen LogP contribution in [0.2, 0.25) is 0 Å². The molecule has 2 rings (SSSR count). The third-order valence-corrected chi connectivity index (χ3v) is 4.92. The van der Waals surface area contributed by atoms with Gasteiger partial charge >= 0.3 is 11.9 Å². The average molecular weight is 393 g/mol. The maximum absolute atomic E-state index is 11.7. The second-order valence-corrected chi connectivity index (χ2v) is 7.09. The first-order valence-corrected chi connectivity index (χ1v) is 10.3. The predicted octanol–water partition coefficient (Wildman–Crippen LogP) is 2.59. The molecule has 28 heavy (non-hydrogen) atoms. The number of unbranched alkanes of at least 4 members (excludes halogenated alkanes) is 5. The van der Waals surface area contributed by atoms with Crippen LogP contribution in [-0.2, 0) is 9.53 Å². The van der Waals surface area contributed by atoms with E-state index in [1.54, 1.807) is 6.92 Å². The number of esters is 1. The predicted molar refractivity (Wildman–Crippen MR) is 107 cm³/mol. The van der Waals surface area contributed by atoms with Crippen molar-refractivity contribution in [3.8, 4) is 0 Å². The van der Waals surface area contributed by atoms with Crippen molar-refractivity contribution in [2.45, 2.75) is 51.9 Å². The number of nitrogens with zero attached hydrogens (tertiary/aromatic N) is 4. The highest BCUT2D eigenvalue weighted by atomic mass is 16.5. The molecule has 1 aromatic rings. The third kappa shape index (κ3) is 7.80. The van der Waals surface area contributed by atoms with Crippen molar-refractivity contribution in [2.75, 3.05) is 44.2 Å². The van der Waals surface area contributed by atoms with Gasteiger partial charge in [0.15, 0.2) is 0 Å². The van der Waals surface area contributed by atoms with Crippen molar-refractivity contribution in [3.05, 3.63) is 18.0 Å². The molecule has 1 N–H and O–H groups in total. The molecule has 0 amide bonds. The van der Waals surface area contributed by atoms with Gasteiger partial charge in [0, 0.05) is 45.0 Å². The van der Waals surface area contributed by atoms with Crippen LogP contribution >= 0.6 is 0 Å². The Labute approximate surface area is 166 Å². The van der Waals surface area contributed by atoms with Gasteiger partial charge in [-0.1, -0.05) is 25.7 Å². The Balaban J connectivity index is 1.58. The van der Waals surface area contributed by atoms with Gasteiger partial charge in [0.2, 0.25) is 5.95 Å². The molecule has 1 fully saturated rings. The summed E-state index contributed by atoms with van der Waals surface area (Å²) < 4.78 is 4.95. The van der Waals surface area contributed by atoms with Gasteiger partial charge < -0.3 is 14.7 Å². The van der Waals surface area contributed by atoms with Crippen LogP contribution in [0.25, 0.3) is 0 Å². The largest absolute Gasteiger partial charge is 0.481 e. The van der Waals surface area contributed by atoms with Crippen LogP contribution in [0.3, 0.4) is 0 Å². The monoisotopic (exact) mass is 392 g/mol. The highest BCUT2D eigenvalue weighted by Crippen LogP contribution is 2.13. The van der Waals surface area contributed by atoms with E-state index in [9.17, 15) is 9.59 Å². The van der Waals surface area contributed by atoms with Crippen molar-refractivity contribution in [3.63, 3.8) is 0 Å². The average Bonchev–Trinajstić information content (AvgIpc) is 2.70. The Morgan fingerprint density at radius 2 is 1.61 bits per heavy atom. The van der Waals surface area contributed by atoms with Crippen molar-refractivity contribution in [1.82, 2.24) is 14.9 Å². The fourth-order valence-corrected chi connectivity index (χ4v) is 3.29. The number of hydrogen-bond donors (Lipinski definition) is 1. The van der Waals surface area contributed by atoms with Gasteiger partial charge in [0.1, 0.15) is 0 Å². The minimum absolute atomic E-state index is 0.291. The van der Waals surface area contributed by atoms with Crippen LogP contribution in [0.5, 0.6) is 0 Å². The number of ether oxygens (including phenoxy) is 1. The van der Waals surface area contributed by atoms with E-state index in [1.165, 1.54) is 31.7 Å². The summed E-state index contributed by atoms with van der Waals surface area (Å²) in [5.74, 6) is -0.422. The van der Waals surface area contributed by atoms with E-state index < -0.39 is 5.97 Å². The molecule has 0 spiro atoms. The maximum atomic E-state index is 11.7. The fraction of sp³-hybridized carbons (Fsp3) is 0.700. The zero-order valence-electron chi connectivity index (χ0n) is 16.8. The van der Waals surface area contributed by atoms with E-state index in [4.69, 9.17) is 9.84 Å². The highest BCUT2D eigenvalue weighted by molar-refractivity contribution is 5.88. The quantitative estimate of drug-likeness (QED) is 0.428. The summed E-state index contributed by atoms with van der Waals surface area (Å²) in [5, 5.41) is 8.61. The number of rotatable bonds is 12. The van der Waals surface area contributed by atoms with Crippen LogP contribution in [0.15, 0.2) is 12.4 Å². The van der Waals surface area contributed by atoms with Crippen LogP contribution in [0.4, 0.5) is 5.95 Å². The van der Waals surface area contributed by atoms with Gasteiger partial charge in [-0.15, -0.1) is 0 Å². The van der Waals surface area contributed by atoms with Gasteiger partial charge in [-0.3, -0.25) is 9.69 Å². The van der Waals surface area contributed by atoms with Gasteiger partial charge in [0.25, 0.3) is 0 Å². The molecule has 0 radical (unpaired) electrons. The molecule has 0 bridgehead atoms. The number of carboxylic acids is 1. The van der Waals surface area contributed by atoms with Crippen LogP contribution < -0.4 is 4.90 Å². The molecule has 0 saturated carbocycles. The molecule has 0 aromatic carbocycles. The maximum Gasteiger partial charge on any atom is 0.341 e. The van der Waals surface area contributed by atoms with Crippen molar-refractivity contribution < 1.29 is 19.4 Å².